The minimum Gasteiger partial charge on any atom is -0.457 e. The summed E-state index contributed by atoms with van der Waals surface area (Å²) in [7, 11) is 5.31. The van der Waals surface area contributed by atoms with E-state index in [1.54, 1.807) is 56.3 Å². The van der Waals surface area contributed by atoms with Crippen molar-refractivity contribution < 1.29 is 29.0 Å². The zero-order chi connectivity index (χ0) is 47.1. The van der Waals surface area contributed by atoms with Gasteiger partial charge in [-0.1, -0.05) is 78.7 Å². The molecule has 13 nitrogen and oxygen atoms in total. The fraction of sp³-hybridized carbons (Fsp3) is 0.392. The monoisotopic (exact) mass is 935 g/mol. The summed E-state index contributed by atoms with van der Waals surface area (Å²) in [6.45, 7) is 5.77. The standard InChI is InChI=1S/C51H59Cl2N7O6/c1-33(36-11-7-6-8-12-36)43-27-48(62)60(34(2)49(63)55-44(32-61)51(65)57(4)41(30-56(3)50(43)64)25-35-13-18-39(52)19-14-35)29-38-15-20-40(53)26-46(38)66-42-21-16-37(17-22-42)45-28-54-47(58(45)5)31-59-23-9-10-24-59/h6-8,11-22,26,28,33-34,41,43-44,61H,9-10,23-25,27,29-32H2,1-5H3,(H,55,63)/t33?,34-,41+,43-,44-/m0/s1. The van der Waals surface area contributed by atoms with Gasteiger partial charge in [0, 0.05) is 55.3 Å². The van der Waals surface area contributed by atoms with Crippen molar-refractivity contribution in [3.8, 4) is 22.8 Å². The van der Waals surface area contributed by atoms with Crippen LogP contribution in [0.2, 0.25) is 10.0 Å². The minimum absolute atomic E-state index is 0.107. The Morgan fingerprint density at radius 2 is 1.53 bits per heavy atom. The Bertz CT molecular complexity index is 2480. The largest absolute Gasteiger partial charge is 0.457 e. The number of nitrogens with zero attached hydrogens (tertiary/aromatic N) is 6. The maximum atomic E-state index is 14.9. The molecule has 348 valence electrons. The van der Waals surface area contributed by atoms with Crippen LogP contribution in [0.5, 0.6) is 11.5 Å². The summed E-state index contributed by atoms with van der Waals surface area (Å²) in [6.07, 6.45) is 4.43. The van der Waals surface area contributed by atoms with E-state index in [1.807, 2.05) is 86.9 Å². The number of hydrogen-bond donors (Lipinski definition) is 2. The molecule has 2 N–H and O–H groups in total. The maximum absolute atomic E-state index is 14.9. The van der Waals surface area contributed by atoms with E-state index in [1.165, 1.54) is 22.6 Å². The van der Waals surface area contributed by atoms with Gasteiger partial charge in [-0.3, -0.25) is 24.1 Å². The van der Waals surface area contributed by atoms with Crippen LogP contribution in [0.25, 0.3) is 11.3 Å². The predicted octanol–water partition coefficient (Wildman–Crippen LogP) is 7.33. The summed E-state index contributed by atoms with van der Waals surface area (Å²) in [5.41, 5.74) is 4.24. The van der Waals surface area contributed by atoms with Gasteiger partial charge in [0.15, 0.2) is 0 Å². The molecule has 0 aliphatic carbocycles. The molecule has 7 rings (SSSR count). The van der Waals surface area contributed by atoms with E-state index < -0.39 is 54.3 Å². The van der Waals surface area contributed by atoms with Crippen molar-refractivity contribution >= 4 is 46.8 Å². The average molecular weight is 937 g/mol. The fourth-order valence-electron chi connectivity index (χ4n) is 8.93. The number of ether oxygens (including phenoxy) is 1. The molecule has 15 heteroatoms. The topological polar surface area (TPSA) is 141 Å². The van der Waals surface area contributed by atoms with E-state index in [-0.39, 0.29) is 25.4 Å². The lowest BCUT2D eigenvalue weighted by Gasteiger charge is -2.38. The molecular formula is C51H59Cl2N7O6. The van der Waals surface area contributed by atoms with E-state index >= 15 is 0 Å². The summed E-state index contributed by atoms with van der Waals surface area (Å²) in [6, 6.07) is 26.5. The number of carbonyl (C=O) groups excluding carboxylic acids is 4. The van der Waals surface area contributed by atoms with Crippen LogP contribution in [0.3, 0.4) is 0 Å². The number of hydrogen-bond acceptors (Lipinski definition) is 8. The van der Waals surface area contributed by atoms with Gasteiger partial charge in [0.1, 0.15) is 29.4 Å². The molecule has 5 aromatic rings. The Balaban J connectivity index is 1.19. The second kappa shape index (κ2) is 21.7. The van der Waals surface area contributed by atoms with Crippen LogP contribution in [-0.4, -0.2) is 116 Å². The minimum atomic E-state index is -1.33. The van der Waals surface area contributed by atoms with Crippen LogP contribution in [0.1, 0.15) is 61.5 Å². The summed E-state index contributed by atoms with van der Waals surface area (Å²) in [4.78, 5) is 69.8. The van der Waals surface area contributed by atoms with E-state index in [0.29, 0.717) is 33.5 Å². The highest BCUT2D eigenvalue weighted by molar-refractivity contribution is 6.31. The third-order valence-electron chi connectivity index (χ3n) is 13.1. The Morgan fingerprint density at radius 3 is 2.21 bits per heavy atom. The lowest BCUT2D eigenvalue weighted by atomic mass is 9.83. The van der Waals surface area contributed by atoms with E-state index in [2.05, 4.69) is 14.8 Å². The van der Waals surface area contributed by atoms with Gasteiger partial charge in [-0.15, -0.1) is 0 Å². The highest BCUT2D eigenvalue weighted by atomic mass is 35.5. The van der Waals surface area contributed by atoms with Crippen LogP contribution >= 0.6 is 23.2 Å². The van der Waals surface area contributed by atoms with Gasteiger partial charge in [-0.05, 0) is 105 Å². The molecule has 5 atom stereocenters. The number of aromatic nitrogens is 2. The van der Waals surface area contributed by atoms with Crippen LogP contribution in [0.15, 0.2) is 103 Å². The summed E-state index contributed by atoms with van der Waals surface area (Å²) >= 11 is 12.7. The third kappa shape index (κ3) is 11.4. The van der Waals surface area contributed by atoms with Crippen molar-refractivity contribution in [1.29, 1.82) is 0 Å². The number of nitrogens with one attached hydrogen (secondary N) is 1. The van der Waals surface area contributed by atoms with Crippen molar-refractivity contribution in [2.45, 2.75) is 76.7 Å². The van der Waals surface area contributed by atoms with Gasteiger partial charge in [0.2, 0.25) is 23.6 Å². The first kappa shape index (κ1) is 48.2. The first-order valence-electron chi connectivity index (χ1n) is 22.5. The molecule has 1 unspecified atom stereocenters. The number of aliphatic hydroxyl groups is 1. The van der Waals surface area contributed by atoms with Crippen molar-refractivity contribution in [2.24, 2.45) is 13.0 Å². The molecule has 66 heavy (non-hydrogen) atoms. The number of benzene rings is 4. The molecule has 1 aromatic heterocycles. The zero-order valence-corrected chi connectivity index (χ0v) is 39.7. The van der Waals surface area contributed by atoms with E-state index in [9.17, 15) is 24.3 Å². The molecule has 0 radical (unpaired) electrons. The van der Waals surface area contributed by atoms with Gasteiger partial charge in [-0.25, -0.2) is 4.98 Å². The Hall–Kier alpha value is -5.73. The van der Waals surface area contributed by atoms with Crippen molar-refractivity contribution in [3.05, 3.63) is 136 Å². The molecular weight excluding hydrogens is 878 g/mol. The normalized spacial score (nSPS) is 20.9. The average Bonchev–Trinajstić information content (AvgIpc) is 3.98. The first-order chi connectivity index (χ1) is 31.7. The lowest BCUT2D eigenvalue weighted by Crippen LogP contribution is -2.58. The molecule has 2 fully saturated rings. The van der Waals surface area contributed by atoms with Crippen molar-refractivity contribution in [2.75, 3.05) is 40.3 Å². The number of likely N-dealkylation sites (tertiary alicyclic amines) is 1. The predicted molar refractivity (Wildman–Crippen MR) is 256 cm³/mol. The van der Waals surface area contributed by atoms with Crippen molar-refractivity contribution in [1.82, 2.24) is 34.5 Å². The second-order valence-corrected chi connectivity index (χ2v) is 18.5. The molecule has 3 heterocycles. The van der Waals surface area contributed by atoms with Gasteiger partial charge in [0.05, 0.1) is 43.5 Å². The smallest absolute Gasteiger partial charge is 0.247 e. The zero-order valence-electron chi connectivity index (χ0n) is 38.2. The molecule has 0 saturated carbocycles. The summed E-state index contributed by atoms with van der Waals surface area (Å²) < 4.78 is 8.59. The molecule has 2 aliphatic heterocycles. The molecule has 0 spiro atoms. The van der Waals surface area contributed by atoms with Crippen LogP contribution in [0.4, 0.5) is 0 Å². The number of likely N-dealkylation sites (N-methyl/N-ethyl adjacent to an activating group) is 2. The third-order valence-corrected chi connectivity index (χ3v) is 13.6. The van der Waals surface area contributed by atoms with E-state index in [0.717, 1.165) is 47.8 Å². The number of aliphatic hydroxyl groups excluding tert-OH is 1. The first-order valence-corrected chi connectivity index (χ1v) is 23.3. The summed E-state index contributed by atoms with van der Waals surface area (Å²) in [5, 5.41) is 14.2. The fourth-order valence-corrected chi connectivity index (χ4v) is 9.21. The highest BCUT2D eigenvalue weighted by Gasteiger charge is 2.38. The Morgan fingerprint density at radius 1 is 0.848 bits per heavy atom. The lowest BCUT2D eigenvalue weighted by molar-refractivity contribution is -0.148. The number of carbonyl (C=O) groups is 4. The highest BCUT2D eigenvalue weighted by Crippen LogP contribution is 2.34. The molecule has 4 amide bonds. The van der Waals surface area contributed by atoms with Gasteiger partial charge in [0.25, 0.3) is 0 Å². The number of rotatable bonds is 12. The molecule has 0 bridgehead atoms. The molecule has 2 aliphatic rings. The summed E-state index contributed by atoms with van der Waals surface area (Å²) in [5.74, 6) is -1.31. The van der Waals surface area contributed by atoms with E-state index in [4.69, 9.17) is 32.9 Å². The molecule has 2 saturated heterocycles. The van der Waals surface area contributed by atoms with Gasteiger partial charge < -0.3 is 34.4 Å². The van der Waals surface area contributed by atoms with Crippen LogP contribution < -0.4 is 10.1 Å². The van der Waals surface area contributed by atoms with Gasteiger partial charge in [-0.2, -0.15) is 0 Å². The quantitative estimate of drug-likeness (QED) is 0.133. The maximum Gasteiger partial charge on any atom is 0.247 e. The number of imidazole rings is 1. The van der Waals surface area contributed by atoms with Crippen LogP contribution in [0, 0.1) is 5.92 Å². The number of halogens is 2. The van der Waals surface area contributed by atoms with Crippen molar-refractivity contribution in [3.63, 3.8) is 0 Å². The SMILES string of the molecule is CC(c1ccccc1)[C@@H]1CC(=O)N(Cc2ccc(Cl)cc2Oc2ccc(-c3cnc(CN4CCCC4)n3C)cc2)[C@@H](C)C(=O)N[C@@H](CO)C(=O)N(C)[C@H](Cc2ccc(Cl)cc2)CN(C)C1=O. The number of amides is 4. The second-order valence-electron chi connectivity index (χ2n) is 17.6. The van der Waals surface area contributed by atoms with Crippen LogP contribution in [-0.2, 0) is 45.7 Å². The Kier molecular flexibility index (Phi) is 15.9. The van der Waals surface area contributed by atoms with Gasteiger partial charge >= 0.3 is 0 Å². The Labute approximate surface area is 397 Å². The molecule has 4 aromatic carbocycles.